The summed E-state index contributed by atoms with van der Waals surface area (Å²) in [5.74, 6) is 1.07. The zero-order valence-corrected chi connectivity index (χ0v) is 20.1. The molecule has 2 aromatic rings. The Morgan fingerprint density at radius 2 is 1.55 bits per heavy atom. The van der Waals surface area contributed by atoms with E-state index < -0.39 is 6.36 Å². The third kappa shape index (κ3) is 7.05. The summed E-state index contributed by atoms with van der Waals surface area (Å²) in [6, 6.07) is 9.50. The molecule has 0 amide bonds. The van der Waals surface area contributed by atoms with E-state index in [-0.39, 0.29) is 36.6 Å². The van der Waals surface area contributed by atoms with Gasteiger partial charge in [0.05, 0.1) is 24.7 Å². The molecule has 0 spiro atoms. The monoisotopic (exact) mass is 546 g/mol. The number of rotatable bonds is 6. The Morgan fingerprint density at radius 3 is 2.06 bits per heavy atom. The van der Waals surface area contributed by atoms with Gasteiger partial charge in [0.2, 0.25) is 0 Å². The van der Waals surface area contributed by atoms with E-state index in [1.165, 1.54) is 12.1 Å². The smallest absolute Gasteiger partial charge is 0.496 e. The maximum Gasteiger partial charge on any atom is 0.573 e. The highest BCUT2D eigenvalue weighted by molar-refractivity contribution is 9.10. The molecule has 0 bridgehead atoms. The van der Waals surface area contributed by atoms with Gasteiger partial charge in [-0.15, -0.1) is 38.0 Å². The Hall–Kier alpha value is -1.39. The second-order valence-electron chi connectivity index (χ2n) is 6.53. The summed E-state index contributed by atoms with van der Waals surface area (Å²) in [4.78, 5) is 2.27. The lowest BCUT2D eigenvalue weighted by Gasteiger charge is -2.36. The van der Waals surface area contributed by atoms with Crippen LogP contribution in [0, 0.1) is 0 Å². The van der Waals surface area contributed by atoms with Gasteiger partial charge in [-0.05, 0) is 45.8 Å². The molecular weight excluding hydrogens is 524 g/mol. The van der Waals surface area contributed by atoms with Crippen LogP contribution in [0.25, 0.3) is 0 Å². The van der Waals surface area contributed by atoms with Crippen LogP contribution in [0.15, 0.2) is 40.9 Å². The van der Waals surface area contributed by atoms with Crippen LogP contribution >= 0.6 is 40.7 Å². The van der Waals surface area contributed by atoms with Crippen molar-refractivity contribution in [3.63, 3.8) is 0 Å². The predicted molar refractivity (Wildman–Crippen MR) is 121 cm³/mol. The molecular formula is C20H24BrCl2F3N2O3. The Morgan fingerprint density at radius 1 is 0.968 bits per heavy atom. The Bertz CT molecular complexity index is 836. The van der Waals surface area contributed by atoms with Gasteiger partial charge in [-0.2, -0.15) is 0 Å². The van der Waals surface area contributed by atoms with Gasteiger partial charge in [-0.3, -0.25) is 4.90 Å². The van der Waals surface area contributed by atoms with Crippen LogP contribution in [0.2, 0.25) is 0 Å². The number of halogens is 6. The molecule has 31 heavy (non-hydrogen) atoms. The number of nitrogens with one attached hydrogen (secondary N) is 1. The highest BCUT2D eigenvalue weighted by Gasteiger charge is 2.32. The van der Waals surface area contributed by atoms with Gasteiger partial charge < -0.3 is 19.5 Å². The standard InChI is InChI=1S/C20H22BrF3N2O3.2ClH/c1-27-17-12-16(21)18(28-2)11-15(17)19(26-9-7-25-8-10-26)13-3-5-14(6-4-13)29-20(22,23)24;;/h3-6,11-12,19,25H,7-10H2,1-2H3;2*1H/t19-;;/m1../s1. The fourth-order valence-corrected chi connectivity index (χ4v) is 3.96. The lowest BCUT2D eigenvalue weighted by Crippen LogP contribution is -2.45. The minimum absolute atomic E-state index is 0. The first-order valence-electron chi connectivity index (χ1n) is 9.04. The summed E-state index contributed by atoms with van der Waals surface area (Å²) in [7, 11) is 3.17. The number of methoxy groups -OCH3 is 2. The zero-order valence-electron chi connectivity index (χ0n) is 16.9. The largest absolute Gasteiger partial charge is 0.573 e. The van der Waals surface area contributed by atoms with Crippen LogP contribution in [0.1, 0.15) is 17.2 Å². The molecule has 3 rings (SSSR count). The van der Waals surface area contributed by atoms with E-state index in [1.807, 2.05) is 12.1 Å². The van der Waals surface area contributed by atoms with Crippen LogP contribution in [-0.4, -0.2) is 51.7 Å². The molecule has 0 aliphatic carbocycles. The first kappa shape index (κ1) is 27.6. The summed E-state index contributed by atoms with van der Waals surface area (Å²) in [6.45, 7) is 3.21. The molecule has 5 nitrogen and oxygen atoms in total. The maximum absolute atomic E-state index is 12.5. The SMILES string of the molecule is COc1cc([C@@H](c2ccc(OC(F)(F)F)cc2)N2CCNCC2)c(OC)cc1Br.Cl.Cl. The van der Waals surface area contributed by atoms with Gasteiger partial charge in [-0.25, -0.2) is 0 Å². The van der Waals surface area contributed by atoms with Gasteiger partial charge in [0.25, 0.3) is 0 Å². The minimum atomic E-state index is -4.72. The van der Waals surface area contributed by atoms with E-state index in [0.29, 0.717) is 11.5 Å². The lowest BCUT2D eigenvalue weighted by atomic mass is 9.95. The van der Waals surface area contributed by atoms with Crippen LogP contribution < -0.4 is 19.5 Å². The van der Waals surface area contributed by atoms with Gasteiger partial charge in [0.1, 0.15) is 17.2 Å². The molecule has 0 aromatic heterocycles. The Labute approximate surface area is 200 Å². The minimum Gasteiger partial charge on any atom is -0.496 e. The molecule has 1 heterocycles. The zero-order chi connectivity index (χ0) is 21.0. The summed E-state index contributed by atoms with van der Waals surface area (Å²) >= 11 is 3.47. The lowest BCUT2D eigenvalue weighted by molar-refractivity contribution is -0.274. The number of benzene rings is 2. The van der Waals surface area contributed by atoms with Crippen molar-refractivity contribution in [3.05, 3.63) is 52.0 Å². The van der Waals surface area contributed by atoms with E-state index in [9.17, 15) is 13.2 Å². The van der Waals surface area contributed by atoms with Gasteiger partial charge in [0, 0.05) is 31.7 Å². The van der Waals surface area contributed by atoms with Crippen molar-refractivity contribution in [2.24, 2.45) is 0 Å². The van der Waals surface area contributed by atoms with Crippen LogP contribution in [-0.2, 0) is 0 Å². The topological polar surface area (TPSA) is 43.0 Å². The third-order valence-electron chi connectivity index (χ3n) is 4.74. The molecule has 2 aromatic carbocycles. The highest BCUT2D eigenvalue weighted by atomic mass is 79.9. The van der Waals surface area contributed by atoms with Gasteiger partial charge >= 0.3 is 6.36 Å². The molecule has 1 saturated heterocycles. The molecule has 0 saturated carbocycles. The number of ether oxygens (including phenoxy) is 3. The summed E-state index contributed by atoms with van der Waals surface area (Å²) in [6.07, 6.45) is -4.72. The first-order chi connectivity index (χ1) is 13.8. The van der Waals surface area contributed by atoms with Crippen molar-refractivity contribution < 1.29 is 27.4 Å². The molecule has 1 aliphatic rings. The number of alkyl halides is 3. The van der Waals surface area contributed by atoms with Crippen molar-refractivity contribution in [2.45, 2.75) is 12.4 Å². The van der Waals surface area contributed by atoms with Crippen LogP contribution in [0.4, 0.5) is 13.2 Å². The third-order valence-corrected chi connectivity index (χ3v) is 5.36. The first-order valence-corrected chi connectivity index (χ1v) is 9.83. The van der Waals surface area contributed by atoms with E-state index in [4.69, 9.17) is 9.47 Å². The highest BCUT2D eigenvalue weighted by Crippen LogP contribution is 2.41. The number of piperazine rings is 1. The second kappa shape index (κ2) is 12.0. The fraction of sp³-hybridized carbons (Fsp3) is 0.400. The summed E-state index contributed by atoms with van der Waals surface area (Å²) in [5, 5.41) is 3.32. The van der Waals surface area contributed by atoms with E-state index in [0.717, 1.165) is 41.8 Å². The summed E-state index contributed by atoms with van der Waals surface area (Å²) < 4.78 is 53.3. The van der Waals surface area contributed by atoms with Crippen LogP contribution in [0.5, 0.6) is 17.2 Å². The average molecular weight is 548 g/mol. The van der Waals surface area contributed by atoms with E-state index >= 15 is 0 Å². The molecule has 1 N–H and O–H groups in total. The van der Waals surface area contributed by atoms with Crippen molar-refractivity contribution in [1.82, 2.24) is 10.2 Å². The quantitative estimate of drug-likeness (QED) is 0.538. The Kier molecular flexibility index (Phi) is 10.7. The second-order valence-corrected chi connectivity index (χ2v) is 7.39. The van der Waals surface area contributed by atoms with E-state index in [2.05, 4.69) is 30.9 Å². The molecule has 174 valence electrons. The number of hydrogen-bond donors (Lipinski definition) is 1. The van der Waals surface area contributed by atoms with Crippen molar-refractivity contribution in [3.8, 4) is 17.2 Å². The molecule has 1 atom stereocenters. The summed E-state index contributed by atoms with van der Waals surface area (Å²) in [5.41, 5.74) is 1.71. The fourth-order valence-electron chi connectivity index (χ4n) is 3.48. The number of nitrogens with zero attached hydrogens (tertiary/aromatic N) is 1. The van der Waals surface area contributed by atoms with Crippen molar-refractivity contribution >= 4 is 40.7 Å². The predicted octanol–water partition coefficient (Wildman–Crippen LogP) is 5.20. The number of hydrogen-bond acceptors (Lipinski definition) is 5. The molecule has 0 radical (unpaired) electrons. The molecule has 1 fully saturated rings. The van der Waals surface area contributed by atoms with Gasteiger partial charge in [-0.1, -0.05) is 12.1 Å². The normalized spacial score (nSPS) is 15.3. The van der Waals surface area contributed by atoms with Crippen LogP contribution in [0.3, 0.4) is 0 Å². The molecule has 11 heteroatoms. The van der Waals surface area contributed by atoms with Crippen molar-refractivity contribution in [1.29, 1.82) is 0 Å². The molecule has 0 unspecified atom stereocenters. The molecule has 1 aliphatic heterocycles. The maximum atomic E-state index is 12.5. The van der Waals surface area contributed by atoms with Gasteiger partial charge in [0.15, 0.2) is 0 Å². The average Bonchev–Trinajstić information content (AvgIpc) is 2.70. The van der Waals surface area contributed by atoms with Crippen molar-refractivity contribution in [2.75, 3.05) is 40.4 Å². The Balaban J connectivity index is 0.00000240. The van der Waals surface area contributed by atoms with E-state index in [1.54, 1.807) is 26.4 Å².